The molecule has 2 aromatic rings. The predicted octanol–water partition coefficient (Wildman–Crippen LogP) is 3.05. The highest BCUT2D eigenvalue weighted by atomic mass is 35.5. The molecule has 0 aliphatic carbocycles. The maximum Gasteiger partial charge on any atom is 0.331 e. The Kier molecular flexibility index (Phi) is 5.06. The van der Waals surface area contributed by atoms with Crippen LogP contribution in [0.4, 0.5) is 4.79 Å². The molecule has 1 fully saturated rings. The molecule has 0 spiro atoms. The number of hydrogen-bond donors (Lipinski definition) is 1. The zero-order valence-electron chi connectivity index (χ0n) is 13.3. The van der Waals surface area contributed by atoms with E-state index in [2.05, 4.69) is 5.32 Å². The van der Waals surface area contributed by atoms with E-state index in [1.54, 1.807) is 6.08 Å². The standard InChI is InChI=1S/C17H15ClN2O4S/c1-10(16(22)20-9-8-19-17(20)23)24-14(21)7-6-13-15(18)11-4-2-3-5-12(11)25-13/h2-7,10H,8-9H2,1H3,(H,19,23)/b7-6+/t10-/m0/s1. The quantitative estimate of drug-likeness (QED) is 0.655. The molecule has 1 N–H and O–H groups in total. The highest BCUT2D eigenvalue weighted by Crippen LogP contribution is 2.35. The number of benzene rings is 1. The van der Waals surface area contributed by atoms with Crippen molar-refractivity contribution in [2.75, 3.05) is 13.1 Å². The smallest absolute Gasteiger partial charge is 0.331 e. The van der Waals surface area contributed by atoms with E-state index in [9.17, 15) is 14.4 Å². The molecule has 0 bridgehead atoms. The lowest BCUT2D eigenvalue weighted by atomic mass is 10.2. The van der Waals surface area contributed by atoms with Crippen LogP contribution in [0.3, 0.4) is 0 Å². The van der Waals surface area contributed by atoms with E-state index >= 15 is 0 Å². The summed E-state index contributed by atoms with van der Waals surface area (Å²) in [6.45, 7) is 2.11. The summed E-state index contributed by atoms with van der Waals surface area (Å²) in [5.74, 6) is -1.22. The predicted molar refractivity (Wildman–Crippen MR) is 96.5 cm³/mol. The highest BCUT2D eigenvalue weighted by Gasteiger charge is 2.31. The summed E-state index contributed by atoms with van der Waals surface area (Å²) >= 11 is 7.76. The molecule has 0 saturated carbocycles. The van der Waals surface area contributed by atoms with Crippen molar-refractivity contribution in [3.8, 4) is 0 Å². The number of carbonyl (C=O) groups excluding carboxylic acids is 3. The minimum Gasteiger partial charge on any atom is -0.449 e. The van der Waals surface area contributed by atoms with Crippen LogP contribution in [0.15, 0.2) is 30.3 Å². The van der Waals surface area contributed by atoms with Gasteiger partial charge in [-0.3, -0.25) is 9.69 Å². The number of hydrogen-bond acceptors (Lipinski definition) is 5. The van der Waals surface area contributed by atoms with Crippen LogP contribution >= 0.6 is 22.9 Å². The van der Waals surface area contributed by atoms with Gasteiger partial charge in [0.1, 0.15) is 0 Å². The highest BCUT2D eigenvalue weighted by molar-refractivity contribution is 7.20. The minimum absolute atomic E-state index is 0.271. The Bertz CT molecular complexity index is 877. The third-order valence-corrected chi connectivity index (χ3v) is 5.35. The van der Waals surface area contributed by atoms with Crippen LogP contribution in [0.1, 0.15) is 11.8 Å². The molecule has 1 aromatic carbocycles. The fourth-order valence-electron chi connectivity index (χ4n) is 2.45. The summed E-state index contributed by atoms with van der Waals surface area (Å²) in [5, 5.41) is 4.02. The number of esters is 1. The van der Waals surface area contributed by atoms with Crippen LogP contribution in [0, 0.1) is 0 Å². The fraction of sp³-hybridized carbons (Fsp3) is 0.235. The van der Waals surface area contributed by atoms with E-state index in [1.807, 2.05) is 24.3 Å². The van der Waals surface area contributed by atoms with Crippen LogP contribution in [0.5, 0.6) is 0 Å². The Morgan fingerprint density at radius 3 is 2.84 bits per heavy atom. The van der Waals surface area contributed by atoms with Gasteiger partial charge in [-0.2, -0.15) is 0 Å². The second-order valence-corrected chi connectivity index (χ2v) is 6.87. The molecule has 1 aliphatic rings. The zero-order valence-corrected chi connectivity index (χ0v) is 14.9. The van der Waals surface area contributed by atoms with Crippen molar-refractivity contribution in [1.82, 2.24) is 10.2 Å². The molecule has 0 radical (unpaired) electrons. The number of carbonyl (C=O) groups is 3. The molecule has 1 atom stereocenters. The number of imide groups is 1. The van der Waals surface area contributed by atoms with E-state index < -0.39 is 24.0 Å². The van der Waals surface area contributed by atoms with E-state index in [1.165, 1.54) is 24.3 Å². The second-order valence-electron chi connectivity index (χ2n) is 5.41. The molecule has 25 heavy (non-hydrogen) atoms. The van der Waals surface area contributed by atoms with Gasteiger partial charge in [-0.1, -0.05) is 29.8 Å². The SMILES string of the molecule is C[C@H](OC(=O)/C=C/c1sc2ccccc2c1Cl)C(=O)N1CCNC1=O. The lowest BCUT2D eigenvalue weighted by Crippen LogP contribution is -2.41. The number of nitrogens with one attached hydrogen (secondary N) is 1. The van der Waals surface area contributed by atoms with Crippen LogP contribution < -0.4 is 5.32 Å². The summed E-state index contributed by atoms with van der Waals surface area (Å²) in [6.07, 6.45) is 1.75. The largest absolute Gasteiger partial charge is 0.449 e. The van der Waals surface area contributed by atoms with Gasteiger partial charge in [0.25, 0.3) is 5.91 Å². The summed E-state index contributed by atoms with van der Waals surface area (Å²) in [6, 6.07) is 7.19. The number of urea groups is 1. The van der Waals surface area contributed by atoms with E-state index in [4.69, 9.17) is 16.3 Å². The number of nitrogens with zero attached hydrogens (tertiary/aromatic N) is 1. The molecular formula is C17H15ClN2O4S. The first kappa shape index (κ1) is 17.4. The van der Waals surface area contributed by atoms with Gasteiger partial charge in [0, 0.05) is 34.1 Å². The summed E-state index contributed by atoms with van der Waals surface area (Å²) in [7, 11) is 0. The van der Waals surface area contributed by atoms with Crippen LogP contribution in [-0.4, -0.2) is 42.0 Å². The molecule has 6 nitrogen and oxygen atoms in total. The third kappa shape index (κ3) is 3.67. The molecule has 8 heteroatoms. The van der Waals surface area contributed by atoms with E-state index in [0.717, 1.165) is 19.9 Å². The molecule has 130 valence electrons. The summed E-state index contributed by atoms with van der Waals surface area (Å²) in [5.41, 5.74) is 0. The zero-order chi connectivity index (χ0) is 18.0. The van der Waals surface area contributed by atoms with Gasteiger partial charge in [0.15, 0.2) is 6.10 Å². The molecule has 1 aliphatic heterocycles. The Labute approximate surface area is 153 Å². The number of fused-ring (bicyclic) bond motifs is 1. The monoisotopic (exact) mass is 378 g/mol. The second kappa shape index (κ2) is 7.25. The molecule has 3 rings (SSSR count). The number of ether oxygens (including phenoxy) is 1. The van der Waals surface area contributed by atoms with E-state index in [-0.39, 0.29) is 6.54 Å². The lowest BCUT2D eigenvalue weighted by Gasteiger charge is -2.17. The van der Waals surface area contributed by atoms with Crippen molar-refractivity contribution < 1.29 is 19.1 Å². The normalized spacial score (nSPS) is 15.6. The van der Waals surface area contributed by atoms with Gasteiger partial charge in [-0.15, -0.1) is 11.3 Å². The number of amides is 3. The van der Waals surface area contributed by atoms with Crippen molar-refractivity contribution in [3.05, 3.63) is 40.2 Å². The molecule has 1 saturated heterocycles. The Morgan fingerprint density at radius 1 is 1.40 bits per heavy atom. The average Bonchev–Trinajstić information content (AvgIpc) is 3.16. The molecule has 1 aromatic heterocycles. The molecular weight excluding hydrogens is 364 g/mol. The van der Waals surface area contributed by atoms with E-state index in [0.29, 0.717) is 11.6 Å². The van der Waals surface area contributed by atoms with Crippen LogP contribution in [-0.2, 0) is 14.3 Å². The van der Waals surface area contributed by atoms with Crippen molar-refractivity contribution in [2.45, 2.75) is 13.0 Å². The topological polar surface area (TPSA) is 75.7 Å². The van der Waals surface area contributed by atoms with Crippen LogP contribution in [0.25, 0.3) is 16.2 Å². The first-order valence-corrected chi connectivity index (χ1v) is 8.81. The van der Waals surface area contributed by atoms with Crippen molar-refractivity contribution in [1.29, 1.82) is 0 Å². The summed E-state index contributed by atoms with van der Waals surface area (Å²) < 4.78 is 6.09. The maximum absolute atomic E-state index is 12.1. The molecule has 0 unspecified atom stereocenters. The number of thiophene rings is 1. The number of rotatable bonds is 4. The van der Waals surface area contributed by atoms with Crippen molar-refractivity contribution >= 4 is 57.0 Å². The molecule has 3 amide bonds. The number of halogens is 1. The van der Waals surface area contributed by atoms with Gasteiger partial charge in [-0.05, 0) is 19.1 Å². The summed E-state index contributed by atoms with van der Waals surface area (Å²) in [4.78, 5) is 37.2. The van der Waals surface area contributed by atoms with Gasteiger partial charge in [-0.25, -0.2) is 9.59 Å². The molecule has 2 heterocycles. The van der Waals surface area contributed by atoms with Gasteiger partial charge in [0.2, 0.25) is 0 Å². The first-order chi connectivity index (χ1) is 12.0. The maximum atomic E-state index is 12.1. The van der Waals surface area contributed by atoms with Crippen molar-refractivity contribution in [2.24, 2.45) is 0 Å². The third-order valence-electron chi connectivity index (χ3n) is 3.69. The first-order valence-electron chi connectivity index (χ1n) is 7.62. The van der Waals surface area contributed by atoms with Gasteiger partial charge < -0.3 is 10.1 Å². The van der Waals surface area contributed by atoms with Crippen molar-refractivity contribution in [3.63, 3.8) is 0 Å². The Hall–Kier alpha value is -2.38. The Morgan fingerprint density at radius 2 is 2.16 bits per heavy atom. The van der Waals surface area contributed by atoms with Crippen LogP contribution in [0.2, 0.25) is 5.02 Å². The average molecular weight is 379 g/mol. The van der Waals surface area contributed by atoms with Gasteiger partial charge in [0.05, 0.1) is 5.02 Å². The fourth-order valence-corrected chi connectivity index (χ4v) is 3.85. The van der Waals surface area contributed by atoms with Gasteiger partial charge >= 0.3 is 12.0 Å². The minimum atomic E-state index is -1.04. The Balaban J connectivity index is 1.65. The lowest BCUT2D eigenvalue weighted by molar-refractivity contribution is -0.153.